The van der Waals surface area contributed by atoms with Gasteiger partial charge in [0.05, 0.1) is 0 Å². The summed E-state index contributed by atoms with van der Waals surface area (Å²) in [6.07, 6.45) is 3.00. The van der Waals surface area contributed by atoms with Crippen molar-refractivity contribution in [2.24, 2.45) is 5.73 Å². The van der Waals surface area contributed by atoms with Gasteiger partial charge in [-0.15, -0.1) is 11.3 Å². The molecule has 0 aromatic carbocycles. The first kappa shape index (κ1) is 10.1. The third-order valence-corrected chi connectivity index (χ3v) is 3.92. The lowest BCUT2D eigenvalue weighted by Crippen LogP contribution is -2.36. The van der Waals surface area contributed by atoms with E-state index < -0.39 is 5.67 Å². The van der Waals surface area contributed by atoms with Gasteiger partial charge in [0, 0.05) is 22.9 Å². The minimum atomic E-state index is -1.15. The largest absolute Gasteiger partial charge is 0.328 e. The number of hydrogen-bond donors (Lipinski definition) is 1. The van der Waals surface area contributed by atoms with Crippen LogP contribution in [0.2, 0.25) is 0 Å². The topological polar surface area (TPSA) is 26.0 Å². The van der Waals surface area contributed by atoms with Crippen LogP contribution in [-0.2, 0) is 5.67 Å². The van der Waals surface area contributed by atoms with E-state index in [9.17, 15) is 4.39 Å². The molecule has 3 heteroatoms. The average molecular weight is 213 g/mol. The van der Waals surface area contributed by atoms with Crippen molar-refractivity contribution in [2.75, 3.05) is 0 Å². The van der Waals surface area contributed by atoms with Crippen LogP contribution in [-0.4, -0.2) is 6.04 Å². The monoisotopic (exact) mass is 213 g/mol. The van der Waals surface area contributed by atoms with E-state index in [0.717, 1.165) is 23.3 Å². The molecule has 2 atom stereocenters. The van der Waals surface area contributed by atoms with E-state index in [0.29, 0.717) is 12.8 Å². The number of aryl methyl sites for hydroxylation is 1. The average Bonchev–Trinajstić information content (AvgIpc) is 2.51. The smallest absolute Gasteiger partial charge is 0.138 e. The molecule has 0 saturated heterocycles. The lowest BCUT2D eigenvalue weighted by atomic mass is 9.79. The maximum atomic E-state index is 14.6. The fraction of sp³-hybridized carbons (Fsp3) is 0.636. The van der Waals surface area contributed by atoms with E-state index >= 15 is 0 Å². The Kier molecular flexibility index (Phi) is 2.62. The van der Waals surface area contributed by atoms with Gasteiger partial charge in [0.15, 0.2) is 0 Å². The molecule has 14 heavy (non-hydrogen) atoms. The molecule has 1 aliphatic rings. The zero-order valence-corrected chi connectivity index (χ0v) is 9.24. The fourth-order valence-electron chi connectivity index (χ4n) is 2.36. The van der Waals surface area contributed by atoms with E-state index in [2.05, 4.69) is 0 Å². The van der Waals surface area contributed by atoms with Crippen molar-refractivity contribution in [3.05, 3.63) is 21.9 Å². The second-order valence-corrected chi connectivity index (χ2v) is 5.33. The van der Waals surface area contributed by atoms with Crippen LogP contribution in [0.15, 0.2) is 11.4 Å². The Balaban J connectivity index is 2.27. The summed E-state index contributed by atoms with van der Waals surface area (Å²) in [6.45, 7) is 1.99. The Morgan fingerprint density at radius 1 is 1.64 bits per heavy atom. The number of nitrogens with two attached hydrogens (primary N) is 1. The van der Waals surface area contributed by atoms with Crippen molar-refractivity contribution in [3.63, 3.8) is 0 Å². The quantitative estimate of drug-likeness (QED) is 0.762. The molecule has 1 aromatic rings. The first-order valence-corrected chi connectivity index (χ1v) is 5.99. The molecular weight excluding hydrogens is 197 g/mol. The van der Waals surface area contributed by atoms with E-state index in [4.69, 9.17) is 5.73 Å². The van der Waals surface area contributed by atoms with Crippen molar-refractivity contribution in [3.8, 4) is 0 Å². The van der Waals surface area contributed by atoms with Crippen molar-refractivity contribution in [2.45, 2.75) is 44.3 Å². The summed E-state index contributed by atoms with van der Waals surface area (Å²) in [5.74, 6) is 0. The maximum Gasteiger partial charge on any atom is 0.138 e. The van der Waals surface area contributed by atoms with Crippen LogP contribution in [0.3, 0.4) is 0 Å². The number of hydrogen-bond acceptors (Lipinski definition) is 2. The Morgan fingerprint density at radius 2 is 2.43 bits per heavy atom. The zero-order valence-electron chi connectivity index (χ0n) is 8.42. The van der Waals surface area contributed by atoms with Gasteiger partial charge in [-0.1, -0.05) is 0 Å². The van der Waals surface area contributed by atoms with Crippen LogP contribution < -0.4 is 5.73 Å². The van der Waals surface area contributed by atoms with Crippen LogP contribution in [0.25, 0.3) is 0 Å². The minimum Gasteiger partial charge on any atom is -0.328 e. The van der Waals surface area contributed by atoms with Gasteiger partial charge >= 0.3 is 0 Å². The SMILES string of the molecule is Cc1sccc1C1(F)CCCC(N)C1. The van der Waals surface area contributed by atoms with Gasteiger partial charge in [-0.05, 0) is 37.6 Å². The molecule has 1 heterocycles. The van der Waals surface area contributed by atoms with Crippen molar-refractivity contribution in [1.29, 1.82) is 0 Å². The van der Waals surface area contributed by atoms with Gasteiger partial charge in [-0.3, -0.25) is 0 Å². The highest BCUT2D eigenvalue weighted by atomic mass is 32.1. The lowest BCUT2D eigenvalue weighted by molar-refractivity contribution is 0.0946. The molecule has 1 aliphatic carbocycles. The molecule has 78 valence electrons. The van der Waals surface area contributed by atoms with E-state index in [1.165, 1.54) is 0 Å². The molecule has 0 radical (unpaired) electrons. The van der Waals surface area contributed by atoms with Gasteiger partial charge in [0.25, 0.3) is 0 Å². The number of thiophene rings is 1. The molecule has 1 aromatic heterocycles. The van der Waals surface area contributed by atoms with Gasteiger partial charge in [0.2, 0.25) is 0 Å². The highest BCUT2D eigenvalue weighted by molar-refractivity contribution is 7.10. The van der Waals surface area contributed by atoms with Gasteiger partial charge in [-0.25, -0.2) is 4.39 Å². The van der Waals surface area contributed by atoms with E-state index in [-0.39, 0.29) is 6.04 Å². The molecule has 1 saturated carbocycles. The lowest BCUT2D eigenvalue weighted by Gasteiger charge is -2.33. The van der Waals surface area contributed by atoms with Crippen LogP contribution in [0, 0.1) is 6.92 Å². The highest BCUT2D eigenvalue weighted by Crippen LogP contribution is 2.42. The molecule has 1 fully saturated rings. The second-order valence-electron chi connectivity index (χ2n) is 4.21. The van der Waals surface area contributed by atoms with Crippen molar-refractivity contribution in [1.82, 2.24) is 0 Å². The molecule has 2 unspecified atom stereocenters. The molecule has 1 nitrogen and oxygen atoms in total. The van der Waals surface area contributed by atoms with Crippen LogP contribution in [0.5, 0.6) is 0 Å². The van der Waals surface area contributed by atoms with Gasteiger partial charge in [0.1, 0.15) is 5.67 Å². The summed E-state index contributed by atoms with van der Waals surface area (Å²) < 4.78 is 14.6. The molecule has 2 N–H and O–H groups in total. The third kappa shape index (κ3) is 1.71. The molecule has 0 bridgehead atoms. The summed E-state index contributed by atoms with van der Waals surface area (Å²) in [7, 11) is 0. The summed E-state index contributed by atoms with van der Waals surface area (Å²) >= 11 is 1.62. The predicted octanol–water partition coefficient (Wildman–Crippen LogP) is 3.12. The molecule has 0 spiro atoms. The molecular formula is C11H16FNS. The summed E-state index contributed by atoms with van der Waals surface area (Å²) in [5, 5.41) is 1.96. The Morgan fingerprint density at radius 3 is 3.00 bits per heavy atom. The zero-order chi connectivity index (χ0) is 10.2. The van der Waals surface area contributed by atoms with Crippen LogP contribution in [0.4, 0.5) is 4.39 Å². The minimum absolute atomic E-state index is 0.0352. The second kappa shape index (κ2) is 3.63. The summed E-state index contributed by atoms with van der Waals surface area (Å²) in [5.41, 5.74) is 5.55. The van der Waals surface area contributed by atoms with Crippen LogP contribution >= 0.6 is 11.3 Å². The van der Waals surface area contributed by atoms with E-state index in [1.54, 1.807) is 11.3 Å². The fourth-order valence-corrected chi connectivity index (χ4v) is 3.14. The predicted molar refractivity (Wildman–Crippen MR) is 58.3 cm³/mol. The van der Waals surface area contributed by atoms with Gasteiger partial charge in [-0.2, -0.15) is 0 Å². The van der Waals surface area contributed by atoms with Crippen molar-refractivity contribution < 1.29 is 4.39 Å². The van der Waals surface area contributed by atoms with Crippen LogP contribution in [0.1, 0.15) is 36.1 Å². The summed E-state index contributed by atoms with van der Waals surface area (Å²) in [4.78, 5) is 1.10. The maximum absolute atomic E-state index is 14.6. The standard InChI is InChI=1S/C11H16FNS/c1-8-10(4-6-14-8)11(12)5-2-3-9(13)7-11/h4,6,9H,2-3,5,7,13H2,1H3. The van der Waals surface area contributed by atoms with Crippen molar-refractivity contribution >= 4 is 11.3 Å². The molecule has 2 rings (SSSR count). The normalized spacial score (nSPS) is 33.2. The number of halogens is 1. The Labute approximate surface area is 88.1 Å². The summed E-state index contributed by atoms with van der Waals surface area (Å²) in [6, 6.07) is 1.95. The Hall–Kier alpha value is -0.410. The number of rotatable bonds is 1. The molecule has 0 amide bonds. The highest BCUT2D eigenvalue weighted by Gasteiger charge is 2.38. The first-order chi connectivity index (χ1) is 6.62. The van der Waals surface area contributed by atoms with Gasteiger partial charge < -0.3 is 5.73 Å². The third-order valence-electron chi connectivity index (χ3n) is 3.08. The Bertz CT molecular complexity index is 323. The first-order valence-electron chi connectivity index (χ1n) is 5.11. The molecule has 0 aliphatic heterocycles. The van der Waals surface area contributed by atoms with E-state index in [1.807, 2.05) is 18.4 Å². The number of alkyl halides is 1.